The van der Waals surface area contributed by atoms with Gasteiger partial charge in [-0.3, -0.25) is 0 Å². The molecule has 1 aliphatic carbocycles. The first-order valence-electron chi connectivity index (χ1n) is 9.66. The van der Waals surface area contributed by atoms with E-state index >= 15 is 0 Å². The summed E-state index contributed by atoms with van der Waals surface area (Å²) in [6.45, 7) is 2.34. The lowest BCUT2D eigenvalue weighted by Crippen LogP contribution is -1.93. The van der Waals surface area contributed by atoms with Gasteiger partial charge in [-0.25, -0.2) is 0 Å². The molecule has 4 aromatic rings. The van der Waals surface area contributed by atoms with Gasteiger partial charge in [-0.1, -0.05) is 97.9 Å². The number of hydrogen-bond acceptors (Lipinski definition) is 0. The van der Waals surface area contributed by atoms with Crippen LogP contribution in [0.15, 0.2) is 97.1 Å². The van der Waals surface area contributed by atoms with Crippen LogP contribution in [0.1, 0.15) is 35.1 Å². The minimum Gasteiger partial charge on any atom is -0.0622 e. The van der Waals surface area contributed by atoms with E-state index in [9.17, 15) is 0 Å². The quantitative estimate of drug-likeness (QED) is 0.372. The van der Waals surface area contributed by atoms with Crippen molar-refractivity contribution in [3.63, 3.8) is 0 Å². The molecule has 1 aliphatic rings. The molecule has 0 aliphatic heterocycles. The second-order valence-corrected chi connectivity index (χ2v) is 7.47. The summed E-state index contributed by atoms with van der Waals surface area (Å²) in [5, 5.41) is 0. The fourth-order valence-electron chi connectivity index (χ4n) is 4.30. The fourth-order valence-corrected chi connectivity index (χ4v) is 4.30. The van der Waals surface area contributed by atoms with Crippen molar-refractivity contribution in [3.8, 4) is 22.3 Å². The largest absolute Gasteiger partial charge is 0.0622 e. The van der Waals surface area contributed by atoms with Crippen LogP contribution in [0.5, 0.6) is 0 Å². The average molecular weight is 346 g/mol. The van der Waals surface area contributed by atoms with Crippen molar-refractivity contribution in [1.29, 1.82) is 0 Å². The predicted octanol–water partition coefficient (Wildman–Crippen LogP) is 7.08. The van der Waals surface area contributed by atoms with Crippen LogP contribution in [0, 0.1) is 0 Å². The number of hydrogen-bond donors (Lipinski definition) is 0. The van der Waals surface area contributed by atoms with Crippen molar-refractivity contribution < 1.29 is 0 Å². The standard InChI is InChI=1S/C27H22/c1-19-26-17-21(16-20-8-4-2-5-9-20)12-14-24(26)25-15-13-23(18-27(19)25)22-10-6-3-7-11-22/h2-15,17-19H,16H2,1H3. The fraction of sp³-hybridized carbons (Fsp3) is 0.111. The Labute approximate surface area is 161 Å². The minimum atomic E-state index is 0.439. The topological polar surface area (TPSA) is 0 Å². The first kappa shape index (κ1) is 16.1. The third-order valence-electron chi connectivity index (χ3n) is 5.75. The van der Waals surface area contributed by atoms with Crippen LogP contribution in [-0.2, 0) is 6.42 Å². The molecule has 1 unspecified atom stereocenters. The number of rotatable bonds is 3. The molecule has 0 nitrogen and oxygen atoms in total. The van der Waals surface area contributed by atoms with Gasteiger partial charge in [-0.05, 0) is 57.0 Å². The highest BCUT2D eigenvalue weighted by Crippen LogP contribution is 2.46. The van der Waals surface area contributed by atoms with Crippen molar-refractivity contribution in [2.24, 2.45) is 0 Å². The summed E-state index contributed by atoms with van der Waals surface area (Å²) in [6.07, 6.45) is 0.993. The highest BCUT2D eigenvalue weighted by molar-refractivity contribution is 5.82. The first-order valence-corrected chi connectivity index (χ1v) is 9.66. The second-order valence-electron chi connectivity index (χ2n) is 7.47. The van der Waals surface area contributed by atoms with E-state index in [0.29, 0.717) is 5.92 Å². The molecule has 0 saturated carbocycles. The van der Waals surface area contributed by atoms with Crippen LogP contribution in [0.25, 0.3) is 22.3 Å². The van der Waals surface area contributed by atoms with Gasteiger partial charge in [0.05, 0.1) is 0 Å². The van der Waals surface area contributed by atoms with Crippen LogP contribution >= 0.6 is 0 Å². The summed E-state index contributed by atoms with van der Waals surface area (Å²) in [7, 11) is 0. The molecule has 5 rings (SSSR count). The van der Waals surface area contributed by atoms with E-state index < -0.39 is 0 Å². The lowest BCUT2D eigenvalue weighted by molar-refractivity contribution is 0.952. The maximum atomic E-state index is 2.41. The van der Waals surface area contributed by atoms with Crippen molar-refractivity contribution in [2.75, 3.05) is 0 Å². The average Bonchev–Trinajstić information content (AvgIpc) is 3.01. The van der Waals surface area contributed by atoms with Gasteiger partial charge in [0.15, 0.2) is 0 Å². The Balaban J connectivity index is 1.51. The van der Waals surface area contributed by atoms with E-state index in [2.05, 4.69) is 104 Å². The molecule has 0 bridgehead atoms. The van der Waals surface area contributed by atoms with Crippen LogP contribution < -0.4 is 0 Å². The molecular formula is C27H22. The van der Waals surface area contributed by atoms with Gasteiger partial charge in [0.2, 0.25) is 0 Å². The molecular weight excluding hydrogens is 324 g/mol. The smallest absolute Gasteiger partial charge is 0.00736 e. The third-order valence-corrected chi connectivity index (χ3v) is 5.75. The van der Waals surface area contributed by atoms with Crippen LogP contribution in [-0.4, -0.2) is 0 Å². The van der Waals surface area contributed by atoms with Crippen molar-refractivity contribution in [1.82, 2.24) is 0 Å². The van der Waals surface area contributed by atoms with E-state index in [-0.39, 0.29) is 0 Å². The zero-order valence-corrected chi connectivity index (χ0v) is 15.5. The molecule has 0 radical (unpaired) electrons. The number of benzene rings is 4. The van der Waals surface area contributed by atoms with Gasteiger partial charge in [0.25, 0.3) is 0 Å². The van der Waals surface area contributed by atoms with Gasteiger partial charge in [-0.2, -0.15) is 0 Å². The van der Waals surface area contributed by atoms with Crippen molar-refractivity contribution >= 4 is 0 Å². The monoisotopic (exact) mass is 346 g/mol. The van der Waals surface area contributed by atoms with Gasteiger partial charge >= 0.3 is 0 Å². The molecule has 4 aromatic carbocycles. The molecule has 0 saturated heterocycles. The van der Waals surface area contributed by atoms with E-state index in [1.54, 1.807) is 0 Å². The van der Waals surface area contributed by atoms with E-state index in [4.69, 9.17) is 0 Å². The lowest BCUT2D eigenvalue weighted by Gasteiger charge is -2.10. The van der Waals surface area contributed by atoms with Crippen molar-refractivity contribution in [2.45, 2.75) is 19.3 Å². The Morgan fingerprint density at radius 3 is 1.93 bits per heavy atom. The minimum absolute atomic E-state index is 0.439. The van der Waals surface area contributed by atoms with Gasteiger partial charge in [0.1, 0.15) is 0 Å². The Morgan fingerprint density at radius 2 is 1.19 bits per heavy atom. The normalized spacial score (nSPS) is 14.6. The Bertz CT molecular complexity index is 1090. The molecule has 1 atom stereocenters. The molecule has 0 spiro atoms. The second kappa shape index (κ2) is 6.55. The molecule has 27 heavy (non-hydrogen) atoms. The van der Waals surface area contributed by atoms with E-state index in [1.165, 1.54) is 44.5 Å². The van der Waals surface area contributed by atoms with Crippen LogP contribution in [0.3, 0.4) is 0 Å². The van der Waals surface area contributed by atoms with Crippen molar-refractivity contribution in [3.05, 3.63) is 119 Å². The molecule has 0 N–H and O–H groups in total. The van der Waals surface area contributed by atoms with Crippen LogP contribution in [0.2, 0.25) is 0 Å². The van der Waals surface area contributed by atoms with E-state index in [1.807, 2.05) is 0 Å². The molecule has 0 amide bonds. The number of fused-ring (bicyclic) bond motifs is 3. The highest BCUT2D eigenvalue weighted by atomic mass is 14.3. The zero-order chi connectivity index (χ0) is 18.2. The highest BCUT2D eigenvalue weighted by Gasteiger charge is 2.25. The van der Waals surface area contributed by atoms with E-state index in [0.717, 1.165) is 6.42 Å². The first-order chi connectivity index (χ1) is 13.3. The maximum absolute atomic E-state index is 2.41. The summed E-state index contributed by atoms with van der Waals surface area (Å²) >= 11 is 0. The molecule has 130 valence electrons. The molecule has 0 aromatic heterocycles. The summed E-state index contributed by atoms with van der Waals surface area (Å²) in [5.41, 5.74) is 11.0. The SMILES string of the molecule is CC1c2cc(Cc3ccccc3)ccc2-c2ccc(-c3ccccc3)cc21. The van der Waals surface area contributed by atoms with Gasteiger partial charge in [-0.15, -0.1) is 0 Å². The summed E-state index contributed by atoms with van der Waals surface area (Å²) in [4.78, 5) is 0. The van der Waals surface area contributed by atoms with Gasteiger partial charge in [0, 0.05) is 5.92 Å². The Hall–Kier alpha value is -3.12. The summed E-state index contributed by atoms with van der Waals surface area (Å²) < 4.78 is 0. The molecule has 0 heteroatoms. The third kappa shape index (κ3) is 2.88. The summed E-state index contributed by atoms with van der Waals surface area (Å²) in [6, 6.07) is 35.3. The molecule has 0 fully saturated rings. The summed E-state index contributed by atoms with van der Waals surface area (Å²) in [5.74, 6) is 0.439. The van der Waals surface area contributed by atoms with Crippen LogP contribution in [0.4, 0.5) is 0 Å². The Kier molecular flexibility index (Phi) is 3.90. The van der Waals surface area contributed by atoms with Gasteiger partial charge < -0.3 is 0 Å². The lowest BCUT2D eigenvalue weighted by atomic mass is 9.94. The predicted molar refractivity (Wildman–Crippen MR) is 114 cm³/mol. The Morgan fingerprint density at radius 1 is 0.556 bits per heavy atom. The maximum Gasteiger partial charge on any atom is 0.00736 e. The molecule has 0 heterocycles. The zero-order valence-electron chi connectivity index (χ0n) is 15.5.